The standard InChI is InChI=1S/C17H16O4/c1-9-5-11(3-4-14(9)19)13-8-16(20)21-15-7-12(18)6-10(2)17(13)15/h3-7,13,18-19H,8H2,1-2H3. The van der Waals surface area contributed by atoms with Crippen LogP contribution >= 0.6 is 0 Å². The van der Waals surface area contributed by atoms with Crippen molar-refractivity contribution in [2.24, 2.45) is 0 Å². The average Bonchev–Trinajstić information content (AvgIpc) is 2.40. The second-order valence-electron chi connectivity index (χ2n) is 5.45. The van der Waals surface area contributed by atoms with E-state index in [-0.39, 0.29) is 29.8 Å². The number of aromatic hydroxyl groups is 2. The smallest absolute Gasteiger partial charge is 0.312 e. The largest absolute Gasteiger partial charge is 0.508 e. The van der Waals surface area contributed by atoms with Gasteiger partial charge in [0, 0.05) is 17.5 Å². The van der Waals surface area contributed by atoms with Gasteiger partial charge in [0.05, 0.1) is 6.42 Å². The van der Waals surface area contributed by atoms with Gasteiger partial charge in [0.25, 0.3) is 0 Å². The number of hydrogen-bond donors (Lipinski definition) is 2. The van der Waals surface area contributed by atoms with E-state index in [1.54, 1.807) is 12.1 Å². The molecule has 0 spiro atoms. The molecule has 0 saturated carbocycles. The first-order valence-corrected chi connectivity index (χ1v) is 6.79. The fourth-order valence-corrected chi connectivity index (χ4v) is 2.89. The number of carbonyl (C=O) groups is 1. The summed E-state index contributed by atoms with van der Waals surface area (Å²) in [6, 6.07) is 8.48. The molecule has 108 valence electrons. The van der Waals surface area contributed by atoms with Crippen molar-refractivity contribution in [2.45, 2.75) is 26.2 Å². The molecule has 3 rings (SSSR count). The third kappa shape index (κ3) is 2.33. The minimum atomic E-state index is -0.316. The first-order valence-electron chi connectivity index (χ1n) is 6.79. The Morgan fingerprint density at radius 1 is 1.10 bits per heavy atom. The van der Waals surface area contributed by atoms with Crippen molar-refractivity contribution < 1.29 is 19.7 Å². The van der Waals surface area contributed by atoms with Crippen molar-refractivity contribution in [3.8, 4) is 17.2 Å². The van der Waals surface area contributed by atoms with Crippen LogP contribution in [0.25, 0.3) is 0 Å². The summed E-state index contributed by atoms with van der Waals surface area (Å²) in [6.45, 7) is 3.71. The maximum atomic E-state index is 11.8. The lowest BCUT2D eigenvalue weighted by atomic mass is 9.83. The highest BCUT2D eigenvalue weighted by molar-refractivity contribution is 5.78. The van der Waals surface area contributed by atoms with Crippen LogP contribution in [-0.4, -0.2) is 16.2 Å². The number of phenolic OH excluding ortho intramolecular Hbond substituents is 2. The van der Waals surface area contributed by atoms with Gasteiger partial charge < -0.3 is 14.9 Å². The van der Waals surface area contributed by atoms with Crippen LogP contribution in [0, 0.1) is 13.8 Å². The maximum absolute atomic E-state index is 11.8. The van der Waals surface area contributed by atoms with E-state index < -0.39 is 0 Å². The third-order valence-corrected chi connectivity index (χ3v) is 3.90. The van der Waals surface area contributed by atoms with E-state index in [1.807, 2.05) is 26.0 Å². The van der Waals surface area contributed by atoms with Crippen LogP contribution < -0.4 is 4.74 Å². The number of rotatable bonds is 1. The second-order valence-corrected chi connectivity index (χ2v) is 5.45. The summed E-state index contributed by atoms with van der Waals surface area (Å²) in [6.07, 6.45) is 0.253. The molecule has 0 saturated heterocycles. The minimum absolute atomic E-state index is 0.0848. The maximum Gasteiger partial charge on any atom is 0.312 e. The van der Waals surface area contributed by atoms with Crippen molar-refractivity contribution in [1.29, 1.82) is 0 Å². The number of ether oxygens (including phenoxy) is 1. The Hall–Kier alpha value is -2.49. The summed E-state index contributed by atoms with van der Waals surface area (Å²) in [7, 11) is 0. The monoisotopic (exact) mass is 284 g/mol. The van der Waals surface area contributed by atoms with Crippen LogP contribution in [0.1, 0.15) is 34.6 Å². The van der Waals surface area contributed by atoms with Crippen molar-refractivity contribution in [1.82, 2.24) is 0 Å². The van der Waals surface area contributed by atoms with E-state index in [9.17, 15) is 15.0 Å². The molecule has 0 fully saturated rings. The summed E-state index contributed by atoms with van der Waals surface area (Å²) in [5.41, 5.74) is 3.52. The zero-order valence-electron chi connectivity index (χ0n) is 11.9. The number of hydrogen-bond acceptors (Lipinski definition) is 4. The molecule has 2 N–H and O–H groups in total. The van der Waals surface area contributed by atoms with Crippen molar-refractivity contribution in [3.63, 3.8) is 0 Å². The molecule has 1 unspecified atom stereocenters. The summed E-state index contributed by atoms with van der Waals surface area (Å²) < 4.78 is 5.25. The SMILES string of the molecule is Cc1cc(C2CC(=O)Oc3cc(O)cc(C)c32)ccc1O. The molecule has 4 nitrogen and oxygen atoms in total. The van der Waals surface area contributed by atoms with Gasteiger partial charge in [-0.15, -0.1) is 0 Å². The Morgan fingerprint density at radius 3 is 2.57 bits per heavy atom. The summed E-state index contributed by atoms with van der Waals surface area (Å²) in [5.74, 6) is 0.297. The molecular formula is C17H16O4. The van der Waals surface area contributed by atoms with Gasteiger partial charge in [0.1, 0.15) is 17.2 Å². The van der Waals surface area contributed by atoms with E-state index in [0.717, 1.165) is 22.3 Å². The van der Waals surface area contributed by atoms with E-state index in [0.29, 0.717) is 5.75 Å². The Balaban J connectivity index is 2.16. The minimum Gasteiger partial charge on any atom is -0.508 e. The van der Waals surface area contributed by atoms with Crippen molar-refractivity contribution >= 4 is 5.97 Å². The number of fused-ring (bicyclic) bond motifs is 1. The number of esters is 1. The predicted molar refractivity (Wildman–Crippen MR) is 77.8 cm³/mol. The average molecular weight is 284 g/mol. The molecule has 0 aliphatic carbocycles. The molecule has 1 heterocycles. The summed E-state index contributed by atoms with van der Waals surface area (Å²) in [4.78, 5) is 11.8. The molecule has 4 heteroatoms. The van der Waals surface area contributed by atoms with Gasteiger partial charge in [-0.25, -0.2) is 0 Å². The lowest BCUT2D eigenvalue weighted by molar-refractivity contribution is -0.135. The molecular weight excluding hydrogens is 268 g/mol. The van der Waals surface area contributed by atoms with E-state index >= 15 is 0 Å². The van der Waals surface area contributed by atoms with Gasteiger partial charge in [-0.3, -0.25) is 4.79 Å². The van der Waals surface area contributed by atoms with Crippen LogP contribution in [0.3, 0.4) is 0 Å². The first kappa shape index (κ1) is 13.5. The predicted octanol–water partition coefficient (Wildman–Crippen LogP) is 3.16. The zero-order chi connectivity index (χ0) is 15.1. The van der Waals surface area contributed by atoms with Crippen molar-refractivity contribution in [2.75, 3.05) is 0 Å². The normalized spacial score (nSPS) is 17.2. The van der Waals surface area contributed by atoms with Crippen LogP contribution in [0.5, 0.6) is 17.2 Å². The quantitative estimate of drug-likeness (QED) is 0.623. The Labute approximate surface area is 122 Å². The third-order valence-electron chi connectivity index (χ3n) is 3.90. The lowest BCUT2D eigenvalue weighted by Crippen LogP contribution is -2.21. The van der Waals surface area contributed by atoms with Crippen molar-refractivity contribution in [3.05, 3.63) is 52.6 Å². The van der Waals surface area contributed by atoms with E-state index in [2.05, 4.69) is 0 Å². The number of benzene rings is 2. The molecule has 2 aromatic rings. The van der Waals surface area contributed by atoms with E-state index in [1.165, 1.54) is 6.07 Å². The highest BCUT2D eigenvalue weighted by Crippen LogP contribution is 2.43. The Kier molecular flexibility index (Phi) is 3.09. The van der Waals surface area contributed by atoms with E-state index in [4.69, 9.17) is 4.74 Å². The fraction of sp³-hybridized carbons (Fsp3) is 0.235. The molecule has 0 aromatic heterocycles. The number of carbonyl (C=O) groups excluding carboxylic acids is 1. The van der Waals surface area contributed by atoms with Crippen LogP contribution in [0.4, 0.5) is 0 Å². The van der Waals surface area contributed by atoms with Gasteiger partial charge in [0.15, 0.2) is 0 Å². The molecule has 1 aliphatic rings. The molecule has 2 aromatic carbocycles. The van der Waals surface area contributed by atoms with Gasteiger partial charge in [-0.1, -0.05) is 12.1 Å². The van der Waals surface area contributed by atoms with Crippen LogP contribution in [-0.2, 0) is 4.79 Å². The number of aryl methyl sites for hydroxylation is 2. The highest BCUT2D eigenvalue weighted by Gasteiger charge is 2.30. The summed E-state index contributed by atoms with van der Waals surface area (Å²) in [5, 5.41) is 19.3. The molecule has 21 heavy (non-hydrogen) atoms. The van der Waals surface area contributed by atoms with Crippen LogP contribution in [0.2, 0.25) is 0 Å². The van der Waals surface area contributed by atoms with Gasteiger partial charge in [-0.2, -0.15) is 0 Å². The molecule has 0 amide bonds. The Bertz CT molecular complexity index is 734. The Morgan fingerprint density at radius 2 is 1.86 bits per heavy atom. The zero-order valence-corrected chi connectivity index (χ0v) is 11.9. The van der Waals surface area contributed by atoms with Crippen LogP contribution in [0.15, 0.2) is 30.3 Å². The lowest BCUT2D eigenvalue weighted by Gasteiger charge is -2.27. The molecule has 0 bridgehead atoms. The topological polar surface area (TPSA) is 66.8 Å². The van der Waals surface area contributed by atoms with Gasteiger partial charge in [-0.05, 0) is 42.7 Å². The second kappa shape index (κ2) is 4.81. The first-order chi connectivity index (χ1) is 9.95. The molecule has 0 radical (unpaired) electrons. The molecule has 1 atom stereocenters. The highest BCUT2D eigenvalue weighted by atomic mass is 16.5. The summed E-state index contributed by atoms with van der Waals surface area (Å²) >= 11 is 0. The van der Waals surface area contributed by atoms with Gasteiger partial charge >= 0.3 is 5.97 Å². The van der Waals surface area contributed by atoms with Gasteiger partial charge in [0.2, 0.25) is 0 Å². The number of phenols is 2. The fourth-order valence-electron chi connectivity index (χ4n) is 2.89. The molecule has 1 aliphatic heterocycles.